The van der Waals surface area contributed by atoms with E-state index in [1.807, 2.05) is 18.2 Å². The number of hydrogen-bond donors (Lipinski definition) is 0. The molecule has 0 bridgehead atoms. The highest BCUT2D eigenvalue weighted by Crippen LogP contribution is 2.25. The zero-order valence-corrected chi connectivity index (χ0v) is 12.2. The van der Waals surface area contributed by atoms with Crippen LogP contribution in [-0.4, -0.2) is 15.0 Å². The molecule has 0 N–H and O–H groups in total. The summed E-state index contributed by atoms with van der Waals surface area (Å²) >= 11 is 0. The van der Waals surface area contributed by atoms with Gasteiger partial charge in [0.15, 0.2) is 0 Å². The first-order valence-corrected chi connectivity index (χ1v) is 8.43. The van der Waals surface area contributed by atoms with Gasteiger partial charge in [0.05, 0.1) is 11.5 Å². The smallest absolute Gasteiger partial charge is 0.261 e. The van der Waals surface area contributed by atoms with E-state index in [9.17, 15) is 8.42 Å². The molecule has 0 saturated carbocycles. The fourth-order valence-corrected chi connectivity index (χ4v) is 2.56. The zero-order chi connectivity index (χ0) is 13.9. The molecule has 5 heteroatoms. The van der Waals surface area contributed by atoms with E-state index in [1.54, 1.807) is 12.1 Å². The molecule has 0 spiro atoms. The first kappa shape index (κ1) is 14.2. The first-order valence-electron chi connectivity index (χ1n) is 6.12. The van der Waals surface area contributed by atoms with E-state index < -0.39 is 9.05 Å². The quantitative estimate of drug-likeness (QED) is 0.620. The molecule has 0 saturated heterocycles. The Morgan fingerprint density at radius 3 is 2.47 bits per heavy atom. The second-order valence-corrected chi connectivity index (χ2v) is 6.88. The van der Waals surface area contributed by atoms with Crippen molar-refractivity contribution in [2.45, 2.75) is 24.7 Å². The molecule has 102 valence electrons. The molecule has 0 aliphatic carbocycles. The number of ether oxygens (including phenoxy) is 1. The molecular weight excluding hydrogens is 284 g/mol. The van der Waals surface area contributed by atoms with Gasteiger partial charge in [-0.25, -0.2) is 8.42 Å². The van der Waals surface area contributed by atoms with Crippen molar-refractivity contribution in [3.05, 3.63) is 36.4 Å². The van der Waals surface area contributed by atoms with E-state index in [4.69, 9.17) is 15.4 Å². The molecule has 0 unspecified atom stereocenters. The van der Waals surface area contributed by atoms with Crippen LogP contribution in [0, 0.1) is 0 Å². The Balaban J connectivity index is 2.30. The average Bonchev–Trinajstić information content (AvgIpc) is 2.37. The van der Waals surface area contributed by atoms with Crippen LogP contribution in [0.3, 0.4) is 0 Å². The Morgan fingerprint density at radius 2 is 1.79 bits per heavy atom. The Hall–Kier alpha value is -1.26. The minimum atomic E-state index is -3.68. The van der Waals surface area contributed by atoms with Gasteiger partial charge in [-0.1, -0.05) is 25.5 Å². The summed E-state index contributed by atoms with van der Waals surface area (Å²) in [5.41, 5.74) is 0. The van der Waals surface area contributed by atoms with Crippen molar-refractivity contribution < 1.29 is 13.2 Å². The van der Waals surface area contributed by atoms with Gasteiger partial charge < -0.3 is 4.74 Å². The molecule has 0 amide bonds. The van der Waals surface area contributed by atoms with Gasteiger partial charge in [0.2, 0.25) is 0 Å². The SMILES string of the molecule is CCCCOc1ccc2cc(S(=O)(=O)Cl)ccc2c1. The molecule has 0 radical (unpaired) electrons. The van der Waals surface area contributed by atoms with E-state index in [2.05, 4.69) is 6.92 Å². The minimum absolute atomic E-state index is 0.112. The molecule has 0 atom stereocenters. The molecule has 0 aliphatic heterocycles. The highest BCUT2D eigenvalue weighted by atomic mass is 35.7. The summed E-state index contributed by atoms with van der Waals surface area (Å²) in [5.74, 6) is 0.794. The maximum absolute atomic E-state index is 11.3. The van der Waals surface area contributed by atoms with Gasteiger partial charge in [-0.3, -0.25) is 0 Å². The van der Waals surface area contributed by atoms with E-state index in [0.717, 1.165) is 29.4 Å². The first-order chi connectivity index (χ1) is 9.00. The van der Waals surface area contributed by atoms with Crippen LogP contribution in [0.4, 0.5) is 0 Å². The van der Waals surface area contributed by atoms with Crippen molar-refractivity contribution in [2.24, 2.45) is 0 Å². The Morgan fingerprint density at radius 1 is 1.11 bits per heavy atom. The van der Waals surface area contributed by atoms with Crippen LogP contribution in [0.25, 0.3) is 10.8 Å². The number of hydrogen-bond acceptors (Lipinski definition) is 3. The Labute approximate surface area is 117 Å². The lowest BCUT2D eigenvalue weighted by Gasteiger charge is -2.07. The number of unbranched alkanes of at least 4 members (excludes halogenated alkanes) is 1. The summed E-state index contributed by atoms with van der Waals surface area (Å²) < 4.78 is 28.1. The lowest BCUT2D eigenvalue weighted by molar-refractivity contribution is 0.310. The average molecular weight is 299 g/mol. The molecule has 2 aromatic rings. The third-order valence-electron chi connectivity index (χ3n) is 2.83. The van der Waals surface area contributed by atoms with E-state index in [-0.39, 0.29) is 4.90 Å². The third kappa shape index (κ3) is 3.61. The molecule has 0 aliphatic rings. The van der Waals surface area contributed by atoms with Gasteiger partial charge in [0, 0.05) is 10.7 Å². The lowest BCUT2D eigenvalue weighted by atomic mass is 10.1. The standard InChI is InChI=1S/C14H15ClO3S/c1-2-3-8-18-13-6-4-12-10-14(19(15,16)17)7-5-11(12)9-13/h4-7,9-10H,2-3,8H2,1H3. The highest BCUT2D eigenvalue weighted by Gasteiger charge is 2.10. The van der Waals surface area contributed by atoms with Gasteiger partial charge in [0.25, 0.3) is 9.05 Å². The zero-order valence-electron chi connectivity index (χ0n) is 10.6. The van der Waals surface area contributed by atoms with Crippen LogP contribution in [0.5, 0.6) is 5.75 Å². The molecule has 2 rings (SSSR count). The van der Waals surface area contributed by atoms with Crippen LogP contribution < -0.4 is 4.74 Å². The number of rotatable bonds is 5. The van der Waals surface area contributed by atoms with E-state index in [0.29, 0.717) is 6.61 Å². The van der Waals surface area contributed by atoms with Crippen molar-refractivity contribution in [2.75, 3.05) is 6.61 Å². The van der Waals surface area contributed by atoms with Crippen LogP contribution in [-0.2, 0) is 9.05 Å². The number of fused-ring (bicyclic) bond motifs is 1. The maximum Gasteiger partial charge on any atom is 0.261 e. The summed E-state index contributed by atoms with van der Waals surface area (Å²) in [7, 11) is 1.64. The monoisotopic (exact) mass is 298 g/mol. The molecule has 0 fully saturated rings. The molecule has 19 heavy (non-hydrogen) atoms. The summed E-state index contributed by atoms with van der Waals surface area (Å²) in [6, 6.07) is 10.4. The van der Waals surface area contributed by atoms with Gasteiger partial charge in [0.1, 0.15) is 5.75 Å². The normalized spacial score (nSPS) is 11.7. The fraction of sp³-hybridized carbons (Fsp3) is 0.286. The van der Waals surface area contributed by atoms with Crippen molar-refractivity contribution in [1.82, 2.24) is 0 Å². The number of benzene rings is 2. The Bertz CT molecular complexity index is 680. The van der Waals surface area contributed by atoms with Crippen LogP contribution in [0.1, 0.15) is 19.8 Å². The van der Waals surface area contributed by atoms with Crippen LogP contribution >= 0.6 is 10.7 Å². The lowest BCUT2D eigenvalue weighted by Crippen LogP contribution is -1.96. The molecule has 0 heterocycles. The third-order valence-corrected chi connectivity index (χ3v) is 4.18. The number of halogens is 1. The summed E-state index contributed by atoms with van der Waals surface area (Å²) in [4.78, 5) is 0.112. The fourth-order valence-electron chi connectivity index (χ4n) is 1.78. The van der Waals surface area contributed by atoms with Gasteiger partial charge in [-0.2, -0.15) is 0 Å². The molecule has 0 aromatic heterocycles. The highest BCUT2D eigenvalue weighted by molar-refractivity contribution is 8.13. The second kappa shape index (κ2) is 5.80. The Kier molecular flexibility index (Phi) is 4.32. The van der Waals surface area contributed by atoms with Crippen LogP contribution in [0.15, 0.2) is 41.3 Å². The van der Waals surface area contributed by atoms with Gasteiger partial charge in [-0.05, 0) is 41.5 Å². The summed E-state index contributed by atoms with van der Waals surface area (Å²) in [6.45, 7) is 2.80. The van der Waals surface area contributed by atoms with E-state index >= 15 is 0 Å². The minimum Gasteiger partial charge on any atom is -0.494 e. The topological polar surface area (TPSA) is 43.4 Å². The van der Waals surface area contributed by atoms with Crippen molar-refractivity contribution in [1.29, 1.82) is 0 Å². The molecule has 3 nitrogen and oxygen atoms in total. The van der Waals surface area contributed by atoms with Gasteiger partial charge >= 0.3 is 0 Å². The predicted octanol–water partition coefficient (Wildman–Crippen LogP) is 3.95. The second-order valence-electron chi connectivity index (χ2n) is 4.31. The molecule has 2 aromatic carbocycles. The van der Waals surface area contributed by atoms with Crippen LogP contribution in [0.2, 0.25) is 0 Å². The molecular formula is C14H15ClO3S. The van der Waals surface area contributed by atoms with Crippen molar-refractivity contribution >= 4 is 30.5 Å². The summed E-state index contributed by atoms with van der Waals surface area (Å²) in [6.07, 6.45) is 2.10. The maximum atomic E-state index is 11.3. The van der Waals surface area contributed by atoms with Crippen molar-refractivity contribution in [3.8, 4) is 5.75 Å². The summed E-state index contributed by atoms with van der Waals surface area (Å²) in [5, 5.41) is 1.75. The van der Waals surface area contributed by atoms with Crippen molar-refractivity contribution in [3.63, 3.8) is 0 Å². The van der Waals surface area contributed by atoms with Gasteiger partial charge in [-0.15, -0.1) is 0 Å². The largest absolute Gasteiger partial charge is 0.494 e. The predicted molar refractivity (Wildman–Crippen MR) is 77.4 cm³/mol. The van der Waals surface area contributed by atoms with E-state index in [1.165, 1.54) is 6.07 Å².